The van der Waals surface area contributed by atoms with Gasteiger partial charge in [-0.15, -0.1) is 17.9 Å². The molecule has 4 aromatic rings. The third kappa shape index (κ3) is 6.75. The molecule has 9 nitrogen and oxygen atoms in total. The van der Waals surface area contributed by atoms with Crippen LogP contribution in [0.5, 0.6) is 5.75 Å². The highest BCUT2D eigenvalue weighted by Gasteiger charge is 2.37. The fourth-order valence-corrected chi connectivity index (χ4v) is 6.62. The van der Waals surface area contributed by atoms with Gasteiger partial charge in [0.1, 0.15) is 22.3 Å². The quantitative estimate of drug-likeness (QED) is 0.187. The van der Waals surface area contributed by atoms with Crippen molar-refractivity contribution in [3.63, 3.8) is 0 Å². The molecule has 228 valence electrons. The van der Waals surface area contributed by atoms with Crippen molar-refractivity contribution >= 4 is 28.8 Å². The van der Waals surface area contributed by atoms with Gasteiger partial charge in [0, 0.05) is 42.3 Å². The lowest BCUT2D eigenvalue weighted by atomic mass is 9.76. The molecule has 0 spiro atoms. The number of rotatable bonds is 10. The van der Waals surface area contributed by atoms with Crippen LogP contribution < -0.4 is 4.90 Å². The molecule has 0 saturated carbocycles. The zero-order valence-corrected chi connectivity index (χ0v) is 26.4. The summed E-state index contributed by atoms with van der Waals surface area (Å²) in [5.41, 5.74) is 2.76. The Hall–Kier alpha value is -3.76. The van der Waals surface area contributed by atoms with Gasteiger partial charge >= 0.3 is 5.97 Å². The molecular formula is C33H41N5O4S. The number of carboxylic acids is 1. The number of allylic oxidation sites excluding steroid dienone is 1. The van der Waals surface area contributed by atoms with Crippen LogP contribution in [0.25, 0.3) is 16.3 Å². The van der Waals surface area contributed by atoms with Gasteiger partial charge in [-0.05, 0) is 70.4 Å². The van der Waals surface area contributed by atoms with Crippen molar-refractivity contribution in [3.05, 3.63) is 70.9 Å². The molecule has 1 aliphatic rings. The number of para-hydroxylation sites is 1. The second-order valence-electron chi connectivity index (χ2n) is 12.7. The van der Waals surface area contributed by atoms with Gasteiger partial charge in [0.25, 0.3) is 0 Å². The second-order valence-corrected chi connectivity index (χ2v) is 13.9. The average Bonchev–Trinajstić information content (AvgIpc) is 3.58. The summed E-state index contributed by atoms with van der Waals surface area (Å²) in [6, 6.07) is 9.20. The predicted molar refractivity (Wildman–Crippen MR) is 170 cm³/mol. The molecule has 1 aliphatic heterocycles. The normalized spacial score (nSPS) is 16.0. The number of fused-ring (bicyclic) bond motifs is 1. The number of piperidine rings is 1. The molecule has 43 heavy (non-hydrogen) atoms. The highest BCUT2D eigenvalue weighted by molar-refractivity contribution is 7.15. The molecule has 10 heteroatoms. The first-order valence-corrected chi connectivity index (χ1v) is 15.6. The third-order valence-electron chi connectivity index (χ3n) is 8.11. The highest BCUT2D eigenvalue weighted by atomic mass is 32.1. The molecule has 0 aliphatic carbocycles. The maximum Gasteiger partial charge on any atom is 0.337 e. The number of carboxylic acid groups (broad SMARTS) is 1. The molecule has 5 rings (SSSR count). The minimum Gasteiger partial charge on any atom is -0.508 e. The minimum absolute atomic E-state index is 0.194. The fraction of sp³-hybridized carbons (Fsp3) is 0.455. The molecule has 0 amide bonds. The van der Waals surface area contributed by atoms with E-state index >= 15 is 0 Å². The molecule has 0 bridgehead atoms. The van der Waals surface area contributed by atoms with E-state index in [9.17, 15) is 15.0 Å². The minimum atomic E-state index is -1.21. The smallest absolute Gasteiger partial charge is 0.337 e. The van der Waals surface area contributed by atoms with E-state index in [1.54, 1.807) is 16.6 Å². The van der Waals surface area contributed by atoms with Crippen molar-refractivity contribution in [2.75, 3.05) is 18.0 Å². The van der Waals surface area contributed by atoms with Crippen LogP contribution in [0.1, 0.15) is 81.2 Å². The zero-order valence-electron chi connectivity index (χ0n) is 25.6. The van der Waals surface area contributed by atoms with Gasteiger partial charge in [-0.1, -0.05) is 31.2 Å². The number of aromatic hydroxyl groups is 1. The molecule has 0 radical (unpaired) electrons. The van der Waals surface area contributed by atoms with Gasteiger partial charge in [0.2, 0.25) is 0 Å². The lowest BCUT2D eigenvalue weighted by molar-refractivity contribution is -0.160. The van der Waals surface area contributed by atoms with Crippen molar-refractivity contribution in [1.82, 2.24) is 19.6 Å². The number of aromatic nitrogens is 4. The molecule has 3 aromatic heterocycles. The number of ether oxygens (including phenoxy) is 1. The summed E-state index contributed by atoms with van der Waals surface area (Å²) in [5.74, 6) is -0.0915. The van der Waals surface area contributed by atoms with E-state index in [4.69, 9.17) is 14.8 Å². The molecule has 1 atom stereocenters. The van der Waals surface area contributed by atoms with Gasteiger partial charge in [0.05, 0.1) is 11.2 Å². The number of carbonyl (C=O) groups is 1. The van der Waals surface area contributed by atoms with Gasteiger partial charge in [0.15, 0.2) is 11.8 Å². The molecule has 4 heterocycles. The summed E-state index contributed by atoms with van der Waals surface area (Å²) in [6.07, 6.45) is 7.13. The zero-order chi connectivity index (χ0) is 30.9. The van der Waals surface area contributed by atoms with Crippen LogP contribution in [0.4, 0.5) is 5.82 Å². The van der Waals surface area contributed by atoms with Gasteiger partial charge in [-0.2, -0.15) is 9.61 Å². The monoisotopic (exact) mass is 603 g/mol. The Morgan fingerprint density at radius 2 is 1.98 bits per heavy atom. The number of nitrogens with zero attached hydrogens (tertiary/aromatic N) is 5. The van der Waals surface area contributed by atoms with E-state index in [1.807, 2.05) is 58.2 Å². The average molecular weight is 604 g/mol. The van der Waals surface area contributed by atoms with Crippen molar-refractivity contribution in [3.8, 4) is 16.5 Å². The third-order valence-corrected chi connectivity index (χ3v) is 9.13. The number of thiazole rings is 1. The Morgan fingerprint density at radius 1 is 1.26 bits per heavy atom. The largest absolute Gasteiger partial charge is 0.508 e. The number of phenolic OH excluding ortho intramolecular Hbond substituents is 1. The lowest BCUT2D eigenvalue weighted by Crippen LogP contribution is -2.41. The second kappa shape index (κ2) is 12.1. The number of hydrogen-bond acceptors (Lipinski definition) is 8. The predicted octanol–water partition coefficient (Wildman–Crippen LogP) is 6.97. The van der Waals surface area contributed by atoms with Crippen LogP contribution in [0.2, 0.25) is 0 Å². The van der Waals surface area contributed by atoms with E-state index < -0.39 is 17.7 Å². The van der Waals surface area contributed by atoms with Crippen LogP contribution in [0.3, 0.4) is 0 Å². The van der Waals surface area contributed by atoms with Crippen molar-refractivity contribution < 1.29 is 19.7 Å². The summed E-state index contributed by atoms with van der Waals surface area (Å²) in [4.78, 5) is 25.4. The van der Waals surface area contributed by atoms with Gasteiger partial charge in [-0.3, -0.25) is 0 Å². The molecule has 1 aromatic carbocycles. The topological polar surface area (TPSA) is 113 Å². The Bertz CT molecular complexity index is 1630. The van der Waals surface area contributed by atoms with E-state index in [0.717, 1.165) is 54.2 Å². The lowest BCUT2D eigenvalue weighted by Gasteiger charge is -2.41. The molecule has 2 N–H and O–H groups in total. The molecule has 1 saturated heterocycles. The van der Waals surface area contributed by atoms with E-state index in [2.05, 4.69) is 23.4 Å². The SMILES string of the molecule is C=CCCC1(C)CCN(c2c(C(OC(C)(C)C)C(=O)O)c(C)nc3cc(-c4ncc(Cc5ccccc5O)s4)nn23)CC1. The number of hydrogen-bond donors (Lipinski definition) is 2. The summed E-state index contributed by atoms with van der Waals surface area (Å²) in [7, 11) is 0. The van der Waals surface area contributed by atoms with Crippen molar-refractivity contribution in [1.29, 1.82) is 0 Å². The van der Waals surface area contributed by atoms with Crippen molar-refractivity contribution in [2.24, 2.45) is 5.41 Å². The van der Waals surface area contributed by atoms with Crippen LogP contribution >= 0.6 is 11.3 Å². The van der Waals surface area contributed by atoms with Crippen LogP contribution in [-0.2, 0) is 16.0 Å². The maximum absolute atomic E-state index is 12.7. The van der Waals surface area contributed by atoms with Crippen molar-refractivity contribution in [2.45, 2.75) is 78.4 Å². The summed E-state index contributed by atoms with van der Waals surface area (Å²) >= 11 is 1.51. The fourth-order valence-electron chi connectivity index (χ4n) is 5.73. The Balaban J connectivity index is 1.58. The number of aryl methyl sites for hydroxylation is 1. The first-order chi connectivity index (χ1) is 20.4. The number of benzene rings is 1. The first-order valence-electron chi connectivity index (χ1n) is 14.8. The molecule has 1 fully saturated rings. The summed E-state index contributed by atoms with van der Waals surface area (Å²) < 4.78 is 7.93. The van der Waals surface area contributed by atoms with Crippen LogP contribution in [-0.4, -0.2) is 54.5 Å². The maximum atomic E-state index is 12.7. The summed E-state index contributed by atoms with van der Waals surface area (Å²) in [6.45, 7) is 15.2. The Labute approximate surface area is 256 Å². The van der Waals surface area contributed by atoms with Crippen LogP contribution in [0, 0.1) is 12.3 Å². The molecule has 1 unspecified atom stereocenters. The van der Waals surface area contributed by atoms with Crippen LogP contribution in [0.15, 0.2) is 49.2 Å². The van der Waals surface area contributed by atoms with Gasteiger partial charge in [-0.25, -0.2) is 14.8 Å². The standard InChI is InChI=1S/C33H41N5O4S/c1-7-8-13-33(6)14-16-37(17-15-33)30-27(28(31(40)41)42-32(3,4)5)21(2)35-26-19-24(36-38(26)30)29-34-20-23(43-29)18-22-11-9-10-12-25(22)39/h7,9-12,19-20,28,39H,1,8,13-18H2,2-6H3,(H,40,41). The molecular weight excluding hydrogens is 562 g/mol. The van der Waals surface area contributed by atoms with E-state index in [-0.39, 0.29) is 11.2 Å². The first kappa shape index (κ1) is 30.7. The van der Waals surface area contributed by atoms with E-state index in [1.165, 1.54) is 11.3 Å². The number of anilines is 1. The van der Waals surface area contributed by atoms with Gasteiger partial charge < -0.3 is 19.8 Å². The van der Waals surface area contributed by atoms with E-state index in [0.29, 0.717) is 34.8 Å². The number of phenols is 1. The summed E-state index contributed by atoms with van der Waals surface area (Å²) in [5, 5.41) is 26.3. The number of aliphatic carboxylic acids is 1. The Morgan fingerprint density at radius 3 is 2.63 bits per heavy atom. The Kier molecular flexibility index (Phi) is 8.63. The highest BCUT2D eigenvalue weighted by Crippen LogP contribution is 2.41.